The molecule has 1 atom stereocenters. The molecule has 0 heterocycles. The van der Waals surface area contributed by atoms with Gasteiger partial charge < -0.3 is 15.7 Å². The highest BCUT2D eigenvalue weighted by Crippen LogP contribution is 2.21. The molecule has 0 fully saturated rings. The predicted molar refractivity (Wildman–Crippen MR) is 78.0 cm³/mol. The van der Waals surface area contributed by atoms with E-state index in [1.807, 2.05) is 0 Å². The van der Waals surface area contributed by atoms with Gasteiger partial charge in [-0.2, -0.15) is 0 Å². The Kier molecular flexibility index (Phi) is 6.35. The van der Waals surface area contributed by atoms with Crippen molar-refractivity contribution in [2.75, 3.05) is 13.2 Å². The zero-order chi connectivity index (χ0) is 14.3. The minimum Gasteiger partial charge on any atom is -0.394 e. The fourth-order valence-electron chi connectivity index (χ4n) is 2.44. The van der Waals surface area contributed by atoms with Gasteiger partial charge in [-0.1, -0.05) is 32.4 Å². The standard InChI is InChI=1S/C15H28N2O2/c1-15(2,3)10-13(11-18)17-14(19)16-9-8-12-6-4-5-7-12/h6,13,18H,4-5,7-11H2,1-3H3,(H2,16,17,19). The number of hydrogen-bond donors (Lipinski definition) is 3. The van der Waals surface area contributed by atoms with E-state index >= 15 is 0 Å². The first-order valence-corrected chi connectivity index (χ1v) is 7.24. The lowest BCUT2D eigenvalue weighted by Gasteiger charge is -2.25. The van der Waals surface area contributed by atoms with Gasteiger partial charge in [0.15, 0.2) is 0 Å². The average molecular weight is 268 g/mol. The summed E-state index contributed by atoms with van der Waals surface area (Å²) in [5.74, 6) is 0. The first kappa shape index (κ1) is 16.0. The maximum absolute atomic E-state index is 11.7. The van der Waals surface area contributed by atoms with Gasteiger partial charge in [-0.25, -0.2) is 4.79 Å². The van der Waals surface area contributed by atoms with E-state index in [0.29, 0.717) is 6.54 Å². The number of carbonyl (C=O) groups is 1. The molecule has 0 aromatic rings. The van der Waals surface area contributed by atoms with Crippen molar-refractivity contribution in [1.82, 2.24) is 10.6 Å². The molecule has 0 radical (unpaired) electrons. The van der Waals surface area contributed by atoms with Crippen LogP contribution in [-0.2, 0) is 0 Å². The highest BCUT2D eigenvalue weighted by Gasteiger charge is 2.19. The molecule has 1 unspecified atom stereocenters. The summed E-state index contributed by atoms with van der Waals surface area (Å²) in [5.41, 5.74) is 1.55. The molecule has 0 saturated carbocycles. The van der Waals surface area contributed by atoms with Crippen LogP contribution in [0.4, 0.5) is 4.79 Å². The fourth-order valence-corrected chi connectivity index (χ4v) is 2.44. The van der Waals surface area contributed by atoms with Gasteiger partial charge in [0.2, 0.25) is 0 Å². The monoisotopic (exact) mass is 268 g/mol. The maximum atomic E-state index is 11.7. The molecule has 110 valence electrons. The number of aliphatic hydroxyl groups is 1. The summed E-state index contributed by atoms with van der Waals surface area (Å²) < 4.78 is 0. The number of carbonyl (C=O) groups excluding carboxylic acids is 1. The van der Waals surface area contributed by atoms with E-state index < -0.39 is 0 Å². The van der Waals surface area contributed by atoms with Crippen LogP contribution in [0.1, 0.15) is 52.9 Å². The van der Waals surface area contributed by atoms with Gasteiger partial charge in [0.1, 0.15) is 0 Å². The van der Waals surface area contributed by atoms with Crippen LogP contribution in [0.5, 0.6) is 0 Å². The van der Waals surface area contributed by atoms with Crippen molar-refractivity contribution < 1.29 is 9.90 Å². The largest absolute Gasteiger partial charge is 0.394 e. The van der Waals surface area contributed by atoms with E-state index in [9.17, 15) is 9.90 Å². The smallest absolute Gasteiger partial charge is 0.315 e. The molecule has 0 bridgehead atoms. The average Bonchev–Trinajstić information content (AvgIpc) is 2.79. The van der Waals surface area contributed by atoms with Crippen LogP contribution in [-0.4, -0.2) is 30.3 Å². The molecule has 19 heavy (non-hydrogen) atoms. The van der Waals surface area contributed by atoms with E-state index in [1.165, 1.54) is 24.8 Å². The molecule has 1 aliphatic carbocycles. The lowest BCUT2D eigenvalue weighted by Crippen LogP contribution is -2.45. The summed E-state index contributed by atoms with van der Waals surface area (Å²) in [7, 11) is 0. The van der Waals surface area contributed by atoms with Crippen LogP contribution >= 0.6 is 0 Å². The summed E-state index contributed by atoms with van der Waals surface area (Å²) in [6, 6.07) is -0.354. The Morgan fingerprint density at radius 2 is 2.21 bits per heavy atom. The molecular weight excluding hydrogens is 240 g/mol. The fraction of sp³-hybridized carbons (Fsp3) is 0.800. The minimum atomic E-state index is -0.179. The van der Waals surface area contributed by atoms with Crippen molar-refractivity contribution in [3.63, 3.8) is 0 Å². The van der Waals surface area contributed by atoms with Crippen molar-refractivity contribution >= 4 is 6.03 Å². The van der Waals surface area contributed by atoms with Crippen LogP contribution in [0.2, 0.25) is 0 Å². The third-order valence-corrected chi connectivity index (χ3v) is 3.28. The Balaban J connectivity index is 2.21. The van der Waals surface area contributed by atoms with Gasteiger partial charge in [-0.15, -0.1) is 0 Å². The topological polar surface area (TPSA) is 61.4 Å². The lowest BCUT2D eigenvalue weighted by atomic mass is 9.88. The number of amides is 2. The molecular formula is C15H28N2O2. The minimum absolute atomic E-state index is 0.0180. The van der Waals surface area contributed by atoms with Crippen LogP contribution in [0.15, 0.2) is 11.6 Å². The van der Waals surface area contributed by atoms with Gasteiger partial charge in [0.05, 0.1) is 12.6 Å². The molecule has 3 N–H and O–H groups in total. The summed E-state index contributed by atoms with van der Waals surface area (Å²) in [5, 5.41) is 15.0. The van der Waals surface area contributed by atoms with Crippen molar-refractivity contribution in [1.29, 1.82) is 0 Å². The van der Waals surface area contributed by atoms with E-state index in [0.717, 1.165) is 12.8 Å². The molecule has 0 aromatic carbocycles. The summed E-state index contributed by atoms with van der Waals surface area (Å²) in [4.78, 5) is 11.7. The molecule has 0 aromatic heterocycles. The third kappa shape index (κ3) is 7.21. The molecule has 4 heteroatoms. The predicted octanol–water partition coefficient (Wildman–Crippen LogP) is 2.58. The molecule has 2 amide bonds. The second-order valence-corrected chi connectivity index (χ2v) is 6.55. The van der Waals surface area contributed by atoms with Gasteiger partial charge >= 0.3 is 6.03 Å². The number of urea groups is 1. The first-order chi connectivity index (χ1) is 8.90. The van der Waals surface area contributed by atoms with E-state index in [2.05, 4.69) is 37.5 Å². The highest BCUT2D eigenvalue weighted by atomic mass is 16.3. The van der Waals surface area contributed by atoms with E-state index in [1.54, 1.807) is 0 Å². The molecule has 0 saturated heterocycles. The van der Waals surface area contributed by atoms with E-state index in [4.69, 9.17) is 0 Å². The number of hydrogen-bond acceptors (Lipinski definition) is 2. The van der Waals surface area contributed by atoms with Gasteiger partial charge in [0.25, 0.3) is 0 Å². The number of allylic oxidation sites excluding steroid dienone is 1. The molecule has 1 aliphatic rings. The van der Waals surface area contributed by atoms with E-state index in [-0.39, 0.29) is 24.1 Å². The van der Waals surface area contributed by atoms with Gasteiger partial charge in [-0.3, -0.25) is 0 Å². The molecule has 1 rings (SSSR count). The lowest BCUT2D eigenvalue weighted by molar-refractivity contribution is 0.191. The van der Waals surface area contributed by atoms with Crippen molar-refractivity contribution in [3.8, 4) is 0 Å². The quantitative estimate of drug-likeness (QED) is 0.648. The summed E-state index contributed by atoms with van der Waals surface area (Å²) in [6.07, 6.45) is 7.58. The number of rotatable bonds is 6. The van der Waals surface area contributed by atoms with Gasteiger partial charge in [-0.05, 0) is 37.5 Å². The van der Waals surface area contributed by atoms with Crippen LogP contribution in [0.25, 0.3) is 0 Å². The molecule has 0 spiro atoms. The Bertz CT molecular complexity index is 319. The van der Waals surface area contributed by atoms with Crippen LogP contribution in [0.3, 0.4) is 0 Å². The second kappa shape index (κ2) is 7.53. The zero-order valence-corrected chi connectivity index (χ0v) is 12.5. The van der Waals surface area contributed by atoms with Crippen molar-refractivity contribution in [2.24, 2.45) is 5.41 Å². The number of aliphatic hydroxyl groups excluding tert-OH is 1. The van der Waals surface area contributed by atoms with Crippen molar-refractivity contribution in [3.05, 3.63) is 11.6 Å². The van der Waals surface area contributed by atoms with Crippen molar-refractivity contribution in [2.45, 2.75) is 58.9 Å². The number of nitrogens with one attached hydrogen (secondary N) is 2. The highest BCUT2D eigenvalue weighted by molar-refractivity contribution is 5.74. The Hall–Kier alpha value is -1.03. The second-order valence-electron chi connectivity index (χ2n) is 6.55. The Labute approximate surface area is 116 Å². The first-order valence-electron chi connectivity index (χ1n) is 7.24. The third-order valence-electron chi connectivity index (χ3n) is 3.28. The Morgan fingerprint density at radius 1 is 1.47 bits per heavy atom. The summed E-state index contributed by atoms with van der Waals surface area (Å²) >= 11 is 0. The van der Waals surface area contributed by atoms with Gasteiger partial charge in [0, 0.05) is 6.54 Å². The summed E-state index contributed by atoms with van der Waals surface area (Å²) in [6.45, 7) is 6.95. The Morgan fingerprint density at radius 3 is 2.74 bits per heavy atom. The zero-order valence-electron chi connectivity index (χ0n) is 12.5. The SMILES string of the molecule is CC(C)(C)CC(CO)NC(=O)NCCC1=CCCC1. The maximum Gasteiger partial charge on any atom is 0.315 e. The molecule has 4 nitrogen and oxygen atoms in total. The normalized spacial score (nSPS) is 16.9. The molecule has 0 aliphatic heterocycles. The van der Waals surface area contributed by atoms with Crippen LogP contribution < -0.4 is 10.6 Å². The van der Waals surface area contributed by atoms with Crippen LogP contribution in [0, 0.1) is 5.41 Å².